The number of ether oxygens (including phenoxy) is 1. The zero-order valence-electron chi connectivity index (χ0n) is 10.4. The fourth-order valence-electron chi connectivity index (χ4n) is 1.19. The summed E-state index contributed by atoms with van der Waals surface area (Å²) >= 11 is 0. The van der Waals surface area contributed by atoms with Crippen LogP contribution in [0.4, 0.5) is 0 Å². The first-order valence-corrected chi connectivity index (χ1v) is 5.62. The van der Waals surface area contributed by atoms with E-state index < -0.39 is 0 Å². The van der Waals surface area contributed by atoms with E-state index in [-0.39, 0.29) is 17.7 Å². The van der Waals surface area contributed by atoms with Crippen molar-refractivity contribution in [1.29, 1.82) is 0 Å². The summed E-state index contributed by atoms with van der Waals surface area (Å²) in [5.41, 5.74) is 5.27. The molecule has 2 unspecified atom stereocenters. The third kappa shape index (κ3) is 8.64. The highest BCUT2D eigenvalue weighted by Crippen LogP contribution is 2.03. The fourth-order valence-corrected chi connectivity index (χ4v) is 1.19. The number of aliphatic hydroxyl groups is 1. The average Bonchev–Trinajstić information content (AvgIpc) is 2.31. The van der Waals surface area contributed by atoms with Crippen LogP contribution in [0.15, 0.2) is 0 Å². The van der Waals surface area contributed by atoms with Crippen LogP contribution < -0.4 is 11.1 Å². The molecule has 0 aromatic carbocycles. The molecule has 0 saturated carbocycles. The second kappa shape index (κ2) is 7.60. The van der Waals surface area contributed by atoms with Crippen LogP contribution in [0.5, 0.6) is 0 Å². The molecule has 96 valence electrons. The molecule has 0 bridgehead atoms. The van der Waals surface area contributed by atoms with Gasteiger partial charge in [0.1, 0.15) is 5.60 Å². The summed E-state index contributed by atoms with van der Waals surface area (Å²) in [6.07, 6.45) is 1.39. The van der Waals surface area contributed by atoms with Gasteiger partial charge in [0.2, 0.25) is 0 Å². The normalized spacial score (nSPS) is 26.1. The smallest absolute Gasteiger partial charge is 0.293 e. The maximum absolute atomic E-state index is 9.60. The quantitative estimate of drug-likeness (QED) is 0.555. The van der Waals surface area contributed by atoms with Gasteiger partial charge >= 0.3 is 0 Å². The van der Waals surface area contributed by atoms with Gasteiger partial charge in [-0.05, 0) is 46.7 Å². The van der Waals surface area contributed by atoms with E-state index in [0.717, 1.165) is 25.9 Å². The van der Waals surface area contributed by atoms with Gasteiger partial charge in [-0.15, -0.1) is 0 Å². The Morgan fingerprint density at radius 1 is 1.38 bits per heavy atom. The summed E-state index contributed by atoms with van der Waals surface area (Å²) in [5, 5.41) is 12.4. The van der Waals surface area contributed by atoms with Crippen LogP contribution in [0.3, 0.4) is 0 Å². The molecule has 0 amide bonds. The molecular formula is C11H24N2O3. The van der Waals surface area contributed by atoms with E-state index in [0.29, 0.717) is 6.47 Å². The number of hydrogen-bond acceptors (Lipinski definition) is 5. The highest BCUT2D eigenvalue weighted by atomic mass is 16.5. The Morgan fingerprint density at radius 2 is 1.94 bits per heavy atom. The van der Waals surface area contributed by atoms with E-state index >= 15 is 0 Å². The van der Waals surface area contributed by atoms with Gasteiger partial charge in [0.15, 0.2) is 0 Å². The van der Waals surface area contributed by atoms with Crippen LogP contribution in [-0.4, -0.2) is 42.4 Å². The van der Waals surface area contributed by atoms with Gasteiger partial charge in [0, 0.05) is 6.04 Å². The molecule has 5 heteroatoms. The maximum Gasteiger partial charge on any atom is 0.293 e. The zero-order valence-corrected chi connectivity index (χ0v) is 10.4. The van der Waals surface area contributed by atoms with Crippen molar-refractivity contribution in [3.8, 4) is 0 Å². The molecule has 0 aromatic heterocycles. The molecule has 0 radical (unpaired) electrons. The monoisotopic (exact) mass is 232 g/mol. The number of carbonyl (C=O) groups is 1. The Balaban J connectivity index is 0.000000293. The zero-order chi connectivity index (χ0) is 12.6. The molecule has 1 aliphatic rings. The molecule has 1 rings (SSSR count). The first-order valence-electron chi connectivity index (χ1n) is 5.62. The number of carbonyl (C=O) groups excluding carboxylic acids is 1. The molecule has 4 N–H and O–H groups in total. The molecule has 0 spiro atoms. The molecule has 1 aliphatic heterocycles. The van der Waals surface area contributed by atoms with Crippen LogP contribution in [0.25, 0.3) is 0 Å². The summed E-state index contributed by atoms with van der Waals surface area (Å²) < 4.78 is 4.55. The van der Waals surface area contributed by atoms with Crippen molar-refractivity contribution >= 4 is 6.47 Å². The SMILES string of the molecule is CC(C)(C)OC=O.NC1CCNCCC1O. The van der Waals surface area contributed by atoms with Crippen molar-refractivity contribution in [2.75, 3.05) is 13.1 Å². The lowest BCUT2D eigenvalue weighted by molar-refractivity contribution is -0.138. The van der Waals surface area contributed by atoms with E-state index in [1.54, 1.807) is 0 Å². The van der Waals surface area contributed by atoms with Gasteiger partial charge in [0.05, 0.1) is 6.10 Å². The lowest BCUT2D eigenvalue weighted by Gasteiger charge is -2.14. The lowest BCUT2D eigenvalue weighted by atomic mass is 10.1. The highest BCUT2D eigenvalue weighted by molar-refractivity contribution is 5.37. The van der Waals surface area contributed by atoms with E-state index in [2.05, 4.69) is 10.1 Å². The molecule has 0 aliphatic carbocycles. The molecule has 1 heterocycles. The molecule has 2 atom stereocenters. The van der Waals surface area contributed by atoms with Gasteiger partial charge < -0.3 is 20.9 Å². The third-order valence-electron chi connectivity index (χ3n) is 2.17. The summed E-state index contributed by atoms with van der Waals surface area (Å²) in [5.74, 6) is 0. The summed E-state index contributed by atoms with van der Waals surface area (Å²) in [6, 6.07) is -0.0139. The van der Waals surface area contributed by atoms with Crippen LogP contribution >= 0.6 is 0 Å². The van der Waals surface area contributed by atoms with E-state index in [1.165, 1.54) is 0 Å². The van der Waals surface area contributed by atoms with Crippen LogP contribution in [0.1, 0.15) is 33.6 Å². The van der Waals surface area contributed by atoms with E-state index in [1.807, 2.05) is 20.8 Å². The molecule has 5 nitrogen and oxygen atoms in total. The first-order chi connectivity index (χ1) is 7.37. The lowest BCUT2D eigenvalue weighted by Crippen LogP contribution is -2.34. The van der Waals surface area contributed by atoms with Crippen molar-refractivity contribution in [2.45, 2.75) is 51.4 Å². The maximum atomic E-state index is 9.60. The topological polar surface area (TPSA) is 84.6 Å². The van der Waals surface area contributed by atoms with Gasteiger partial charge in [-0.2, -0.15) is 0 Å². The van der Waals surface area contributed by atoms with Crippen LogP contribution in [0.2, 0.25) is 0 Å². The van der Waals surface area contributed by atoms with Gasteiger partial charge in [0.25, 0.3) is 6.47 Å². The van der Waals surface area contributed by atoms with Gasteiger partial charge in [-0.25, -0.2) is 0 Å². The third-order valence-corrected chi connectivity index (χ3v) is 2.17. The molecule has 1 fully saturated rings. The van der Waals surface area contributed by atoms with Crippen molar-refractivity contribution in [1.82, 2.24) is 5.32 Å². The molecule has 1 saturated heterocycles. The number of nitrogens with two attached hydrogens (primary N) is 1. The number of hydrogen-bond donors (Lipinski definition) is 3. The Kier molecular flexibility index (Phi) is 7.29. The number of rotatable bonds is 1. The minimum absolute atomic E-state index is 0.0139. The summed E-state index contributed by atoms with van der Waals surface area (Å²) in [4.78, 5) is 9.60. The van der Waals surface area contributed by atoms with Gasteiger partial charge in [-0.3, -0.25) is 4.79 Å². The van der Waals surface area contributed by atoms with Gasteiger partial charge in [-0.1, -0.05) is 0 Å². The Labute approximate surface area is 97.3 Å². The Bertz CT molecular complexity index is 182. The molecular weight excluding hydrogens is 208 g/mol. The largest absolute Gasteiger partial charge is 0.462 e. The minimum atomic E-state index is -0.318. The Hall–Kier alpha value is -0.650. The number of aliphatic hydroxyl groups excluding tert-OH is 1. The Morgan fingerprint density at radius 3 is 2.38 bits per heavy atom. The fraction of sp³-hybridized carbons (Fsp3) is 0.909. The predicted octanol–water partition coefficient (Wildman–Crippen LogP) is 0.0159. The van der Waals surface area contributed by atoms with Crippen LogP contribution in [0, 0.1) is 0 Å². The second-order valence-electron chi connectivity index (χ2n) is 4.89. The van der Waals surface area contributed by atoms with Crippen molar-refractivity contribution in [3.05, 3.63) is 0 Å². The minimum Gasteiger partial charge on any atom is -0.462 e. The van der Waals surface area contributed by atoms with Crippen molar-refractivity contribution in [3.63, 3.8) is 0 Å². The van der Waals surface area contributed by atoms with Crippen molar-refractivity contribution < 1.29 is 14.6 Å². The average molecular weight is 232 g/mol. The molecule has 0 aromatic rings. The second-order valence-corrected chi connectivity index (χ2v) is 4.89. The standard InChI is InChI=1S/C6H14N2O.C5H10O2/c7-5-1-3-8-4-2-6(5)9;1-5(2,3)7-4-6/h5-6,8-9H,1-4,7H2;4H,1-3H3. The highest BCUT2D eigenvalue weighted by Gasteiger charge is 2.16. The van der Waals surface area contributed by atoms with E-state index in [4.69, 9.17) is 5.73 Å². The summed E-state index contributed by atoms with van der Waals surface area (Å²) in [6.45, 7) is 7.76. The van der Waals surface area contributed by atoms with Crippen LogP contribution in [-0.2, 0) is 9.53 Å². The first kappa shape index (κ1) is 15.3. The van der Waals surface area contributed by atoms with E-state index in [9.17, 15) is 9.90 Å². The van der Waals surface area contributed by atoms with Crippen molar-refractivity contribution in [2.24, 2.45) is 5.73 Å². The molecule has 16 heavy (non-hydrogen) atoms. The summed E-state index contributed by atoms with van der Waals surface area (Å²) in [7, 11) is 0. The number of nitrogens with one attached hydrogen (secondary N) is 1. The predicted molar refractivity (Wildman–Crippen MR) is 63.0 cm³/mol.